The van der Waals surface area contributed by atoms with Crippen LogP contribution in [-0.4, -0.2) is 14.3 Å². The highest BCUT2D eigenvalue weighted by Gasteiger charge is 2.18. The van der Waals surface area contributed by atoms with Crippen LogP contribution in [0, 0.1) is 6.92 Å². The number of amides is 1. The van der Waals surface area contributed by atoms with Crippen molar-refractivity contribution in [3.05, 3.63) is 44.6 Å². The molecule has 0 saturated carbocycles. The van der Waals surface area contributed by atoms with Gasteiger partial charge in [0.25, 0.3) is 15.9 Å². The van der Waals surface area contributed by atoms with Crippen molar-refractivity contribution in [2.45, 2.75) is 11.8 Å². The van der Waals surface area contributed by atoms with Crippen LogP contribution in [0.25, 0.3) is 0 Å². The molecule has 1 aromatic heterocycles. The van der Waals surface area contributed by atoms with E-state index in [0.29, 0.717) is 5.69 Å². The molecular formula is C12H11BrN2O3S2. The van der Waals surface area contributed by atoms with E-state index in [0.717, 1.165) is 21.4 Å². The molecule has 0 aliphatic heterocycles. The molecule has 20 heavy (non-hydrogen) atoms. The molecule has 1 aromatic carbocycles. The normalized spacial score (nSPS) is 11.3. The molecule has 0 fully saturated rings. The number of sulfonamides is 1. The van der Waals surface area contributed by atoms with Gasteiger partial charge in [0, 0.05) is 15.5 Å². The molecule has 1 amide bonds. The van der Waals surface area contributed by atoms with E-state index in [-0.39, 0.29) is 9.77 Å². The van der Waals surface area contributed by atoms with Gasteiger partial charge in [-0.2, -0.15) is 0 Å². The predicted octanol–water partition coefficient (Wildman–Crippen LogP) is 2.72. The fraction of sp³-hybridized carbons (Fsp3) is 0.0833. The van der Waals surface area contributed by atoms with E-state index in [2.05, 4.69) is 20.7 Å². The number of carbonyl (C=O) groups excluding carboxylic acids is 1. The Morgan fingerprint density at radius 3 is 2.60 bits per heavy atom. The van der Waals surface area contributed by atoms with Gasteiger partial charge in [0.2, 0.25) is 0 Å². The molecule has 2 rings (SSSR count). The second-order valence-corrected chi connectivity index (χ2v) is 7.53. The highest BCUT2D eigenvalue weighted by Crippen LogP contribution is 2.24. The number of aryl methyl sites for hydroxylation is 1. The van der Waals surface area contributed by atoms with E-state index in [4.69, 9.17) is 5.73 Å². The van der Waals surface area contributed by atoms with Crippen molar-refractivity contribution in [1.29, 1.82) is 0 Å². The molecule has 106 valence electrons. The minimum Gasteiger partial charge on any atom is -0.365 e. The molecule has 5 nitrogen and oxygen atoms in total. The number of nitrogens with one attached hydrogen (secondary N) is 1. The monoisotopic (exact) mass is 374 g/mol. The second kappa shape index (κ2) is 5.55. The number of hydrogen-bond acceptors (Lipinski definition) is 4. The van der Waals surface area contributed by atoms with Crippen LogP contribution in [0.2, 0.25) is 0 Å². The summed E-state index contributed by atoms with van der Waals surface area (Å²) < 4.78 is 27.7. The summed E-state index contributed by atoms with van der Waals surface area (Å²) in [5.74, 6) is -0.643. The molecule has 0 aliphatic rings. The van der Waals surface area contributed by atoms with Crippen LogP contribution in [0.5, 0.6) is 0 Å². The number of anilines is 1. The van der Waals surface area contributed by atoms with E-state index in [1.165, 1.54) is 11.4 Å². The number of primary amides is 1. The van der Waals surface area contributed by atoms with Crippen molar-refractivity contribution in [2.24, 2.45) is 5.73 Å². The zero-order valence-corrected chi connectivity index (χ0v) is 13.6. The van der Waals surface area contributed by atoms with Gasteiger partial charge in [-0.1, -0.05) is 15.9 Å². The van der Waals surface area contributed by atoms with Gasteiger partial charge in [-0.15, -0.1) is 11.3 Å². The van der Waals surface area contributed by atoms with Gasteiger partial charge < -0.3 is 5.73 Å². The van der Waals surface area contributed by atoms with Crippen LogP contribution in [0.3, 0.4) is 0 Å². The number of benzene rings is 1. The molecule has 0 radical (unpaired) electrons. The van der Waals surface area contributed by atoms with Crippen molar-refractivity contribution < 1.29 is 13.2 Å². The lowest BCUT2D eigenvalue weighted by atomic mass is 10.2. The highest BCUT2D eigenvalue weighted by molar-refractivity contribution is 9.10. The average Bonchev–Trinajstić information content (AvgIpc) is 2.84. The molecule has 2 aromatic rings. The van der Waals surface area contributed by atoms with Crippen LogP contribution in [0.1, 0.15) is 15.2 Å². The molecule has 0 bridgehead atoms. The third kappa shape index (κ3) is 3.20. The Hall–Kier alpha value is -1.38. The summed E-state index contributed by atoms with van der Waals surface area (Å²) in [6, 6.07) is 6.38. The summed E-state index contributed by atoms with van der Waals surface area (Å²) in [7, 11) is -3.72. The lowest BCUT2D eigenvalue weighted by Crippen LogP contribution is -2.13. The molecule has 0 aliphatic carbocycles. The number of hydrogen-bond donors (Lipinski definition) is 2. The quantitative estimate of drug-likeness (QED) is 0.861. The van der Waals surface area contributed by atoms with Gasteiger partial charge in [-0.25, -0.2) is 8.42 Å². The van der Waals surface area contributed by atoms with E-state index in [1.807, 2.05) is 6.92 Å². The number of thiophene rings is 1. The van der Waals surface area contributed by atoms with Crippen LogP contribution < -0.4 is 10.5 Å². The van der Waals surface area contributed by atoms with Crippen LogP contribution in [-0.2, 0) is 10.0 Å². The molecular weight excluding hydrogens is 364 g/mol. The van der Waals surface area contributed by atoms with E-state index in [9.17, 15) is 13.2 Å². The summed E-state index contributed by atoms with van der Waals surface area (Å²) in [5.41, 5.74) is 6.48. The minimum atomic E-state index is -3.72. The Morgan fingerprint density at radius 1 is 1.35 bits per heavy atom. The average molecular weight is 375 g/mol. The van der Waals surface area contributed by atoms with Gasteiger partial charge in [-0.3, -0.25) is 9.52 Å². The van der Waals surface area contributed by atoms with Crippen LogP contribution in [0.4, 0.5) is 5.69 Å². The Labute approximate surface area is 129 Å². The maximum atomic E-state index is 12.2. The Morgan fingerprint density at radius 2 is 2.05 bits per heavy atom. The van der Waals surface area contributed by atoms with Gasteiger partial charge in [0.15, 0.2) is 0 Å². The van der Waals surface area contributed by atoms with Crippen molar-refractivity contribution >= 4 is 48.9 Å². The lowest BCUT2D eigenvalue weighted by molar-refractivity contribution is 0.100. The van der Waals surface area contributed by atoms with Gasteiger partial charge in [0.1, 0.15) is 0 Å². The SMILES string of the molecule is Cc1cc(NS(=O)(=O)c2csc(C(N)=O)c2)ccc1Br. The van der Waals surface area contributed by atoms with E-state index >= 15 is 0 Å². The van der Waals surface area contributed by atoms with Gasteiger partial charge >= 0.3 is 0 Å². The van der Waals surface area contributed by atoms with Crippen molar-refractivity contribution in [1.82, 2.24) is 0 Å². The first-order chi connectivity index (χ1) is 9.29. The number of nitrogens with two attached hydrogens (primary N) is 1. The first-order valence-corrected chi connectivity index (χ1v) is 8.62. The molecule has 8 heteroatoms. The molecule has 0 saturated heterocycles. The summed E-state index contributed by atoms with van der Waals surface area (Å²) in [4.78, 5) is 11.2. The first kappa shape index (κ1) is 15.0. The third-order valence-corrected chi connectivity index (χ3v) is 5.88. The number of halogens is 1. The molecule has 0 atom stereocenters. The number of rotatable bonds is 4. The summed E-state index contributed by atoms with van der Waals surface area (Å²) >= 11 is 4.35. The van der Waals surface area contributed by atoms with Crippen molar-refractivity contribution in [3.8, 4) is 0 Å². The lowest BCUT2D eigenvalue weighted by Gasteiger charge is -2.08. The zero-order valence-electron chi connectivity index (χ0n) is 10.4. The van der Waals surface area contributed by atoms with Crippen molar-refractivity contribution in [2.75, 3.05) is 4.72 Å². The molecule has 0 spiro atoms. The molecule has 0 unspecified atom stereocenters. The fourth-order valence-electron chi connectivity index (χ4n) is 1.51. The third-order valence-electron chi connectivity index (χ3n) is 2.54. The Bertz CT molecular complexity index is 769. The molecule has 1 heterocycles. The fourth-order valence-corrected chi connectivity index (χ4v) is 3.93. The second-order valence-electron chi connectivity index (χ2n) is 4.08. The topological polar surface area (TPSA) is 89.3 Å². The minimum absolute atomic E-state index is 0.0249. The Balaban J connectivity index is 2.30. The molecule has 3 N–H and O–H groups in total. The maximum Gasteiger partial charge on any atom is 0.262 e. The smallest absolute Gasteiger partial charge is 0.262 e. The zero-order chi connectivity index (χ0) is 14.9. The maximum absolute atomic E-state index is 12.2. The van der Waals surface area contributed by atoms with Gasteiger partial charge in [0.05, 0.1) is 9.77 Å². The standard InChI is InChI=1S/C12H11BrN2O3S2/c1-7-4-8(2-3-10(7)13)15-20(17,18)9-5-11(12(14)16)19-6-9/h2-6,15H,1H3,(H2,14,16). The summed E-state index contributed by atoms with van der Waals surface area (Å²) in [6.07, 6.45) is 0. The summed E-state index contributed by atoms with van der Waals surface area (Å²) in [6.45, 7) is 1.86. The predicted molar refractivity (Wildman–Crippen MR) is 82.5 cm³/mol. The van der Waals surface area contributed by atoms with Gasteiger partial charge in [-0.05, 0) is 36.8 Å². The Kier molecular flexibility index (Phi) is 4.17. The van der Waals surface area contributed by atoms with Crippen LogP contribution >= 0.6 is 27.3 Å². The first-order valence-electron chi connectivity index (χ1n) is 5.47. The highest BCUT2D eigenvalue weighted by atomic mass is 79.9. The number of carbonyl (C=O) groups is 1. The van der Waals surface area contributed by atoms with Crippen LogP contribution in [0.15, 0.2) is 39.0 Å². The summed E-state index contributed by atoms with van der Waals surface area (Å²) in [5, 5.41) is 1.38. The van der Waals surface area contributed by atoms with Crippen molar-refractivity contribution in [3.63, 3.8) is 0 Å². The largest absolute Gasteiger partial charge is 0.365 e. The van der Waals surface area contributed by atoms with E-state index < -0.39 is 15.9 Å². The van der Waals surface area contributed by atoms with E-state index in [1.54, 1.807) is 18.2 Å².